The zero-order chi connectivity index (χ0) is 6.69. The molecule has 50 valence electrons. The molecule has 0 radical (unpaired) electrons. The molecule has 1 rings (SSSR count). The fourth-order valence-electron chi connectivity index (χ4n) is 0.731. The topological polar surface area (TPSA) is 40.5 Å². The second-order valence-electron chi connectivity index (χ2n) is 1.77. The Bertz CT molecular complexity index is 164. The highest BCUT2D eigenvalue weighted by Gasteiger charge is 1.96. The quantitative estimate of drug-likeness (QED) is 0.652. The van der Waals surface area contributed by atoms with Gasteiger partial charge in [0.25, 0.3) is 0 Å². The first kappa shape index (κ1) is 6.81. The maximum Gasteiger partial charge on any atom is 0.0813 e. The number of hydrogen-bond donors (Lipinski definition) is 2. The Morgan fingerprint density at radius 1 is 1.44 bits per heavy atom. The summed E-state index contributed by atoms with van der Waals surface area (Å²) in [5.74, 6) is 1.95. The molecule has 0 fully saturated rings. The third-order valence-electron chi connectivity index (χ3n) is 1.24. The third-order valence-corrected chi connectivity index (χ3v) is 3.10. The van der Waals surface area contributed by atoms with Gasteiger partial charge in [-0.05, 0) is 11.1 Å². The lowest BCUT2D eigenvalue weighted by Crippen LogP contribution is -1.75. The Balaban J connectivity index is 2.85. The zero-order valence-corrected chi connectivity index (χ0v) is 5.88. The molecule has 0 saturated heterocycles. The number of hydrogen-bond acceptors (Lipinski definition) is 2. The van der Waals surface area contributed by atoms with Crippen LogP contribution in [0.2, 0.25) is 0 Å². The van der Waals surface area contributed by atoms with E-state index < -0.39 is 7.53 Å². The van der Waals surface area contributed by atoms with E-state index in [4.69, 9.17) is 10.2 Å². The van der Waals surface area contributed by atoms with Crippen molar-refractivity contribution in [2.24, 2.45) is 0 Å². The average Bonchev–Trinajstić information content (AvgIpc) is 2.33. The van der Waals surface area contributed by atoms with Gasteiger partial charge in [-0.2, -0.15) is 0 Å². The molecule has 0 aliphatic rings. The summed E-state index contributed by atoms with van der Waals surface area (Å²) in [6.07, 6.45) is 0.165. The summed E-state index contributed by atoms with van der Waals surface area (Å²) in [5.41, 5.74) is 0. The maximum atomic E-state index is 8.69. The van der Waals surface area contributed by atoms with E-state index in [0.29, 0.717) is 0 Å². The van der Waals surface area contributed by atoms with Gasteiger partial charge in [0.2, 0.25) is 0 Å². The zero-order valence-electron chi connectivity index (χ0n) is 4.99. The lowest BCUT2D eigenvalue weighted by Gasteiger charge is -1.94. The summed E-state index contributed by atoms with van der Waals surface area (Å²) < 4.78 is 0. The van der Waals surface area contributed by atoms with E-state index in [0.717, 1.165) is 5.30 Å². The highest BCUT2D eigenvalue weighted by atomic mass is 31.1. The Morgan fingerprint density at radius 2 is 2.22 bits per heavy atom. The Labute approximate surface area is 54.8 Å². The molecular weight excluding hydrogens is 135 g/mol. The summed E-state index contributed by atoms with van der Waals surface area (Å²) >= 11 is 0. The van der Waals surface area contributed by atoms with E-state index in [1.807, 2.05) is 17.9 Å². The van der Waals surface area contributed by atoms with Gasteiger partial charge in [-0.15, -0.1) is 0 Å². The van der Waals surface area contributed by atoms with Crippen LogP contribution in [0.25, 0.3) is 0 Å². The number of rotatable bonds is 2. The summed E-state index contributed by atoms with van der Waals surface area (Å²) in [4.78, 5) is 0. The molecule has 0 aliphatic heterocycles. The van der Waals surface area contributed by atoms with Gasteiger partial charge in [-0.25, -0.2) is 0 Å². The van der Waals surface area contributed by atoms with Crippen LogP contribution in [0.1, 0.15) is 5.30 Å². The molecule has 0 aliphatic carbocycles. The van der Waals surface area contributed by atoms with Gasteiger partial charge in [0.05, 0.1) is 13.0 Å². The van der Waals surface area contributed by atoms with Crippen LogP contribution in [-0.2, 0) is 13.0 Å². The first-order valence-corrected chi connectivity index (χ1v) is 4.34. The molecule has 0 saturated carbocycles. The van der Waals surface area contributed by atoms with Crippen LogP contribution >= 0.6 is 7.53 Å². The molecule has 1 aromatic rings. The SMILES string of the molecule is OCc1cccp1CO. The minimum absolute atomic E-state index is 0.0826. The second kappa shape index (κ2) is 3.02. The normalized spacial score (nSPS) is 12.0. The highest BCUT2D eigenvalue weighted by molar-refractivity contribution is 7.48. The van der Waals surface area contributed by atoms with Gasteiger partial charge in [-0.3, -0.25) is 0 Å². The molecular formula is C6H9O2P. The lowest BCUT2D eigenvalue weighted by atomic mass is 10.5. The predicted octanol–water partition coefficient (Wildman–Crippen LogP) is 1.12. The standard InChI is InChI=1S/C6H9O2P/c7-4-6-2-1-3-9(6)5-8/h1-3,7-8H,4-5H2. The molecule has 1 heterocycles. The summed E-state index contributed by atoms with van der Waals surface area (Å²) in [5, 5.41) is 18.3. The lowest BCUT2D eigenvalue weighted by molar-refractivity contribution is 0.283. The highest BCUT2D eigenvalue weighted by Crippen LogP contribution is 2.32. The van der Waals surface area contributed by atoms with Crippen molar-refractivity contribution in [3.63, 3.8) is 0 Å². The third kappa shape index (κ3) is 1.33. The summed E-state index contributed by atoms with van der Waals surface area (Å²) in [6.45, 7) is 0.0826. The smallest absolute Gasteiger partial charge is 0.0813 e. The largest absolute Gasteiger partial charge is 0.391 e. The molecule has 1 atom stereocenters. The Morgan fingerprint density at radius 3 is 2.67 bits per heavy atom. The van der Waals surface area contributed by atoms with Crippen molar-refractivity contribution < 1.29 is 10.2 Å². The van der Waals surface area contributed by atoms with Gasteiger partial charge in [0, 0.05) is 0 Å². The molecule has 2 N–H and O–H groups in total. The van der Waals surface area contributed by atoms with Gasteiger partial charge < -0.3 is 10.2 Å². The van der Waals surface area contributed by atoms with Crippen LogP contribution in [0.3, 0.4) is 0 Å². The number of aliphatic hydroxyl groups is 2. The van der Waals surface area contributed by atoms with E-state index in [-0.39, 0.29) is 13.0 Å². The molecule has 0 amide bonds. The van der Waals surface area contributed by atoms with Crippen molar-refractivity contribution in [2.45, 2.75) is 13.0 Å². The van der Waals surface area contributed by atoms with E-state index in [2.05, 4.69) is 0 Å². The van der Waals surface area contributed by atoms with E-state index in [1.165, 1.54) is 0 Å². The molecule has 0 spiro atoms. The molecule has 0 bridgehead atoms. The van der Waals surface area contributed by atoms with Crippen LogP contribution in [0.5, 0.6) is 0 Å². The Kier molecular flexibility index (Phi) is 2.29. The average molecular weight is 144 g/mol. The minimum Gasteiger partial charge on any atom is -0.391 e. The van der Waals surface area contributed by atoms with Crippen LogP contribution in [0, 0.1) is 0 Å². The van der Waals surface area contributed by atoms with Gasteiger partial charge in [0.1, 0.15) is 0 Å². The van der Waals surface area contributed by atoms with Gasteiger partial charge in [-0.1, -0.05) is 19.7 Å². The Hall–Kier alpha value is -0.300. The maximum absolute atomic E-state index is 8.69. The fraction of sp³-hybridized carbons (Fsp3) is 0.333. The van der Waals surface area contributed by atoms with Crippen LogP contribution < -0.4 is 0 Å². The van der Waals surface area contributed by atoms with Crippen molar-refractivity contribution in [1.82, 2.24) is 0 Å². The van der Waals surface area contributed by atoms with E-state index >= 15 is 0 Å². The van der Waals surface area contributed by atoms with Crippen molar-refractivity contribution in [3.8, 4) is 0 Å². The monoisotopic (exact) mass is 144 g/mol. The van der Waals surface area contributed by atoms with E-state index in [9.17, 15) is 0 Å². The summed E-state index contributed by atoms with van der Waals surface area (Å²) in [7, 11) is -0.520. The number of aliphatic hydroxyl groups excluding tert-OH is 2. The molecule has 2 nitrogen and oxygen atoms in total. The van der Waals surface area contributed by atoms with Crippen LogP contribution in [0.4, 0.5) is 0 Å². The van der Waals surface area contributed by atoms with Gasteiger partial charge >= 0.3 is 0 Å². The van der Waals surface area contributed by atoms with Crippen molar-refractivity contribution >= 4 is 7.53 Å². The van der Waals surface area contributed by atoms with Crippen molar-refractivity contribution in [2.75, 3.05) is 0 Å². The minimum atomic E-state index is -0.520. The molecule has 3 heteroatoms. The van der Waals surface area contributed by atoms with Crippen molar-refractivity contribution in [3.05, 3.63) is 23.2 Å². The second-order valence-corrected chi connectivity index (χ2v) is 3.86. The molecule has 9 heavy (non-hydrogen) atoms. The molecule has 1 aromatic heterocycles. The molecule has 1 unspecified atom stereocenters. The first-order chi connectivity index (χ1) is 4.38. The van der Waals surface area contributed by atoms with E-state index in [1.54, 1.807) is 0 Å². The van der Waals surface area contributed by atoms with Crippen molar-refractivity contribution in [1.29, 1.82) is 0 Å². The van der Waals surface area contributed by atoms with Crippen LogP contribution in [-0.4, -0.2) is 10.2 Å². The summed E-state index contributed by atoms with van der Waals surface area (Å²) in [6, 6.07) is 3.75. The predicted molar refractivity (Wildman–Crippen MR) is 37.3 cm³/mol. The fourth-order valence-corrected chi connectivity index (χ4v) is 1.95. The first-order valence-electron chi connectivity index (χ1n) is 2.74. The van der Waals surface area contributed by atoms with Gasteiger partial charge in [0.15, 0.2) is 0 Å². The van der Waals surface area contributed by atoms with Crippen LogP contribution in [0.15, 0.2) is 17.9 Å². The molecule has 0 aromatic carbocycles.